The Kier molecular flexibility index (Phi) is 4.65. The summed E-state index contributed by atoms with van der Waals surface area (Å²) >= 11 is 1.62. The molecule has 1 aliphatic heterocycles. The molecule has 1 atom stereocenters. The largest absolute Gasteiger partial charge is 0.481 e. The highest BCUT2D eigenvalue weighted by molar-refractivity contribution is 7.99. The summed E-state index contributed by atoms with van der Waals surface area (Å²) in [5.41, 5.74) is 0.758. The molecule has 1 unspecified atom stereocenters. The molecular weight excluding hydrogens is 281 g/mol. The number of benzene rings is 1. The summed E-state index contributed by atoms with van der Waals surface area (Å²) < 4.78 is 13.9. The maximum atomic E-state index is 13.9. The average molecular weight is 297 g/mol. The number of nitrogens with zero attached hydrogens (tertiary/aromatic N) is 1. The van der Waals surface area contributed by atoms with Crippen molar-refractivity contribution in [2.45, 2.75) is 19.4 Å². The van der Waals surface area contributed by atoms with E-state index in [0.717, 1.165) is 11.3 Å². The molecule has 0 saturated carbocycles. The fourth-order valence-electron chi connectivity index (χ4n) is 2.24. The van der Waals surface area contributed by atoms with Gasteiger partial charge in [0.25, 0.3) is 5.91 Å². The quantitative estimate of drug-likeness (QED) is 0.929. The number of carboxylic acids is 1. The van der Waals surface area contributed by atoms with E-state index in [0.29, 0.717) is 12.3 Å². The number of carboxylic acid groups (broad SMARTS) is 1. The molecule has 1 amide bonds. The highest BCUT2D eigenvalue weighted by atomic mass is 32.2. The average Bonchev–Trinajstić information content (AvgIpc) is 2.38. The van der Waals surface area contributed by atoms with Crippen LogP contribution in [0.3, 0.4) is 0 Å². The van der Waals surface area contributed by atoms with Crippen molar-refractivity contribution in [3.8, 4) is 0 Å². The fraction of sp³-hybridized carbons (Fsp3) is 0.429. The van der Waals surface area contributed by atoms with Crippen molar-refractivity contribution < 1.29 is 19.1 Å². The van der Waals surface area contributed by atoms with Gasteiger partial charge in [-0.25, -0.2) is 4.39 Å². The first-order chi connectivity index (χ1) is 9.49. The van der Waals surface area contributed by atoms with E-state index >= 15 is 0 Å². The van der Waals surface area contributed by atoms with Gasteiger partial charge in [0.2, 0.25) is 0 Å². The van der Waals surface area contributed by atoms with E-state index in [1.165, 1.54) is 17.0 Å². The first-order valence-corrected chi connectivity index (χ1v) is 7.51. The van der Waals surface area contributed by atoms with Gasteiger partial charge in [-0.3, -0.25) is 9.59 Å². The summed E-state index contributed by atoms with van der Waals surface area (Å²) in [4.78, 5) is 24.8. The third-order valence-electron chi connectivity index (χ3n) is 3.25. The van der Waals surface area contributed by atoms with Crippen LogP contribution >= 0.6 is 11.8 Å². The lowest BCUT2D eigenvalue weighted by Gasteiger charge is -2.34. The molecular formula is C14H16FNO3S. The molecule has 1 aromatic rings. The van der Waals surface area contributed by atoms with Crippen LogP contribution in [-0.2, 0) is 4.79 Å². The Morgan fingerprint density at radius 3 is 2.90 bits per heavy atom. The lowest BCUT2D eigenvalue weighted by Crippen LogP contribution is -2.47. The zero-order valence-electron chi connectivity index (χ0n) is 11.1. The predicted octanol–water partition coefficient (Wildman–Crippen LogP) is 2.17. The Morgan fingerprint density at radius 2 is 2.25 bits per heavy atom. The first kappa shape index (κ1) is 14.8. The van der Waals surface area contributed by atoms with E-state index in [2.05, 4.69) is 0 Å². The SMILES string of the molecule is Cc1ccc(C(=O)N2CCSCC2CC(=O)O)c(F)c1. The van der Waals surface area contributed by atoms with Gasteiger partial charge in [-0.05, 0) is 24.6 Å². The molecule has 1 fully saturated rings. The summed E-state index contributed by atoms with van der Waals surface area (Å²) in [7, 11) is 0. The van der Waals surface area contributed by atoms with Crippen LogP contribution in [0.15, 0.2) is 18.2 Å². The normalized spacial score (nSPS) is 18.9. The lowest BCUT2D eigenvalue weighted by atomic mass is 10.1. The van der Waals surface area contributed by atoms with Gasteiger partial charge in [0.05, 0.1) is 18.0 Å². The van der Waals surface area contributed by atoms with Gasteiger partial charge in [-0.1, -0.05) is 6.07 Å². The van der Waals surface area contributed by atoms with E-state index in [1.54, 1.807) is 24.8 Å². The van der Waals surface area contributed by atoms with Crippen molar-refractivity contribution in [2.75, 3.05) is 18.1 Å². The minimum atomic E-state index is -0.945. The summed E-state index contributed by atoms with van der Waals surface area (Å²) in [6.07, 6.45) is -0.105. The zero-order chi connectivity index (χ0) is 14.7. The van der Waals surface area contributed by atoms with Crippen molar-refractivity contribution >= 4 is 23.6 Å². The molecule has 0 aromatic heterocycles. The number of hydrogen-bond donors (Lipinski definition) is 1. The molecule has 1 aromatic carbocycles. The Labute approximate surface area is 121 Å². The van der Waals surface area contributed by atoms with Crippen molar-refractivity contribution in [3.63, 3.8) is 0 Å². The van der Waals surface area contributed by atoms with Crippen molar-refractivity contribution in [3.05, 3.63) is 35.1 Å². The van der Waals surface area contributed by atoms with Crippen molar-refractivity contribution in [1.82, 2.24) is 4.90 Å². The minimum Gasteiger partial charge on any atom is -0.481 e. The molecule has 0 spiro atoms. The van der Waals surface area contributed by atoms with E-state index in [-0.39, 0.29) is 18.0 Å². The number of amides is 1. The predicted molar refractivity (Wildman–Crippen MR) is 75.5 cm³/mol. The number of aliphatic carboxylic acids is 1. The molecule has 108 valence electrons. The number of thioether (sulfide) groups is 1. The summed E-state index contributed by atoms with van der Waals surface area (Å²) in [6.45, 7) is 2.21. The van der Waals surface area contributed by atoms with E-state index < -0.39 is 17.7 Å². The van der Waals surface area contributed by atoms with Gasteiger partial charge in [-0.2, -0.15) is 11.8 Å². The van der Waals surface area contributed by atoms with Crippen LogP contribution in [-0.4, -0.2) is 46.0 Å². The molecule has 4 nitrogen and oxygen atoms in total. The van der Waals surface area contributed by atoms with Crippen LogP contribution in [0.4, 0.5) is 4.39 Å². The van der Waals surface area contributed by atoms with Crippen LogP contribution in [0.5, 0.6) is 0 Å². The zero-order valence-corrected chi connectivity index (χ0v) is 12.0. The van der Waals surface area contributed by atoms with Crippen LogP contribution in [0.1, 0.15) is 22.3 Å². The van der Waals surface area contributed by atoms with Crippen molar-refractivity contribution in [2.24, 2.45) is 0 Å². The molecule has 1 N–H and O–H groups in total. The van der Waals surface area contributed by atoms with Crippen LogP contribution < -0.4 is 0 Å². The van der Waals surface area contributed by atoms with E-state index in [4.69, 9.17) is 5.11 Å². The van der Waals surface area contributed by atoms with Crippen LogP contribution in [0, 0.1) is 12.7 Å². The Hall–Kier alpha value is -1.56. The molecule has 6 heteroatoms. The molecule has 0 radical (unpaired) electrons. The molecule has 1 saturated heterocycles. The topological polar surface area (TPSA) is 57.6 Å². The first-order valence-electron chi connectivity index (χ1n) is 6.35. The number of carbonyl (C=O) groups is 2. The molecule has 1 aliphatic rings. The van der Waals surface area contributed by atoms with Gasteiger partial charge in [0.15, 0.2) is 0 Å². The standard InChI is InChI=1S/C14H16FNO3S/c1-9-2-3-11(12(15)6-9)14(19)16-4-5-20-8-10(16)7-13(17)18/h2-3,6,10H,4-5,7-8H2,1H3,(H,17,18). The maximum absolute atomic E-state index is 13.9. The summed E-state index contributed by atoms with van der Waals surface area (Å²) in [5, 5.41) is 8.91. The highest BCUT2D eigenvalue weighted by Gasteiger charge is 2.30. The van der Waals surface area contributed by atoms with E-state index in [1.807, 2.05) is 0 Å². The van der Waals surface area contributed by atoms with E-state index in [9.17, 15) is 14.0 Å². The third kappa shape index (κ3) is 3.30. The van der Waals surface area contributed by atoms with Gasteiger partial charge in [-0.15, -0.1) is 0 Å². The Bertz CT molecular complexity index is 535. The monoisotopic (exact) mass is 297 g/mol. The number of halogens is 1. The highest BCUT2D eigenvalue weighted by Crippen LogP contribution is 2.22. The molecule has 0 aliphatic carbocycles. The fourth-order valence-corrected chi connectivity index (χ4v) is 3.30. The smallest absolute Gasteiger partial charge is 0.305 e. The molecule has 1 heterocycles. The number of hydrogen-bond acceptors (Lipinski definition) is 3. The second-order valence-electron chi connectivity index (χ2n) is 4.81. The molecule has 2 rings (SSSR count). The van der Waals surface area contributed by atoms with Gasteiger partial charge < -0.3 is 10.0 Å². The van der Waals surface area contributed by atoms with Gasteiger partial charge >= 0.3 is 5.97 Å². The van der Waals surface area contributed by atoms with Gasteiger partial charge in [0, 0.05) is 18.1 Å². The molecule has 0 bridgehead atoms. The summed E-state index contributed by atoms with van der Waals surface area (Å²) in [6, 6.07) is 4.09. The molecule has 20 heavy (non-hydrogen) atoms. The van der Waals surface area contributed by atoms with Crippen molar-refractivity contribution in [1.29, 1.82) is 0 Å². The Morgan fingerprint density at radius 1 is 1.50 bits per heavy atom. The number of carbonyl (C=O) groups excluding carboxylic acids is 1. The van der Waals surface area contributed by atoms with Crippen LogP contribution in [0.2, 0.25) is 0 Å². The lowest BCUT2D eigenvalue weighted by molar-refractivity contribution is -0.138. The Balaban J connectivity index is 2.22. The van der Waals surface area contributed by atoms with Gasteiger partial charge in [0.1, 0.15) is 5.82 Å². The maximum Gasteiger partial charge on any atom is 0.305 e. The second kappa shape index (κ2) is 6.26. The number of aryl methyl sites for hydroxylation is 1. The third-order valence-corrected chi connectivity index (χ3v) is 4.35. The summed E-state index contributed by atoms with van der Waals surface area (Å²) in [5.74, 6) is -0.600. The minimum absolute atomic E-state index is 0.0119. The second-order valence-corrected chi connectivity index (χ2v) is 5.96. The van der Waals surface area contributed by atoms with Crippen LogP contribution in [0.25, 0.3) is 0 Å². The number of rotatable bonds is 3.